The molecule has 43 heavy (non-hydrogen) atoms. The zero-order valence-corrected chi connectivity index (χ0v) is 24.6. The van der Waals surface area contributed by atoms with Crippen molar-refractivity contribution < 1.29 is 33.6 Å². The van der Waals surface area contributed by atoms with Crippen LogP contribution < -0.4 is 38.1 Å². The van der Waals surface area contributed by atoms with E-state index in [1.165, 1.54) is 6.92 Å². The fraction of sp³-hybridized carbons (Fsp3) is 0.464. The number of aromatic nitrogens is 1. The lowest BCUT2D eigenvalue weighted by Crippen LogP contribution is -2.59. The Bertz CT molecular complexity index is 1360. The first-order chi connectivity index (χ1) is 20.2. The van der Waals surface area contributed by atoms with Gasteiger partial charge in [-0.15, -0.1) is 0 Å². The molecule has 1 aromatic carbocycles. The van der Waals surface area contributed by atoms with Crippen LogP contribution in [0.5, 0.6) is 0 Å². The summed E-state index contributed by atoms with van der Waals surface area (Å²) in [6.45, 7) is 6.15. The largest absolute Gasteiger partial charge is 0.370 e. The summed E-state index contributed by atoms with van der Waals surface area (Å²) in [6.07, 6.45) is 0.442. The molecule has 0 saturated heterocycles. The number of H-pyrrole nitrogens is 1. The summed E-state index contributed by atoms with van der Waals surface area (Å²) >= 11 is 0. The van der Waals surface area contributed by atoms with Gasteiger partial charge in [-0.1, -0.05) is 32.0 Å². The summed E-state index contributed by atoms with van der Waals surface area (Å²) in [5.41, 5.74) is 12.0. The third-order valence-corrected chi connectivity index (χ3v) is 6.30. The van der Waals surface area contributed by atoms with Crippen LogP contribution in [0.1, 0.15) is 46.1 Å². The summed E-state index contributed by atoms with van der Waals surface area (Å²) < 4.78 is 0. The zero-order chi connectivity index (χ0) is 32.3. The van der Waals surface area contributed by atoms with Crippen LogP contribution in [-0.4, -0.2) is 83.0 Å². The van der Waals surface area contributed by atoms with Gasteiger partial charge in [0.15, 0.2) is 0 Å². The fourth-order valence-electron chi connectivity index (χ4n) is 4.30. The summed E-state index contributed by atoms with van der Waals surface area (Å²) in [7, 11) is 0. The highest BCUT2D eigenvalue weighted by Crippen LogP contribution is 2.19. The molecule has 0 saturated carbocycles. The van der Waals surface area contributed by atoms with Crippen LogP contribution in [0.15, 0.2) is 30.5 Å². The maximum absolute atomic E-state index is 13.5. The van der Waals surface area contributed by atoms with E-state index < -0.39 is 72.5 Å². The summed E-state index contributed by atoms with van der Waals surface area (Å²) in [5, 5.41) is 13.5. The molecule has 15 nitrogen and oxygen atoms in total. The molecule has 10 N–H and O–H groups in total. The van der Waals surface area contributed by atoms with Gasteiger partial charge in [0, 0.05) is 29.6 Å². The number of carbonyl (C=O) groups excluding carboxylic acids is 7. The molecule has 2 rings (SSSR count). The van der Waals surface area contributed by atoms with E-state index in [4.69, 9.17) is 11.5 Å². The Balaban J connectivity index is 2.37. The average molecular weight is 601 g/mol. The topological polar surface area (TPSA) is 247 Å². The van der Waals surface area contributed by atoms with Gasteiger partial charge in [0.1, 0.15) is 23.9 Å². The maximum atomic E-state index is 13.5. The van der Waals surface area contributed by atoms with E-state index in [0.29, 0.717) is 5.56 Å². The number of carbonyl (C=O) groups is 7. The van der Waals surface area contributed by atoms with Gasteiger partial charge >= 0.3 is 0 Å². The molecular formula is C28H40N8O7. The molecule has 0 aliphatic carbocycles. The van der Waals surface area contributed by atoms with Crippen LogP contribution >= 0.6 is 0 Å². The third-order valence-electron chi connectivity index (χ3n) is 6.30. The SMILES string of the molecule is CC(=O)CNC(=O)[C@H](CC(N)=O)NC(=O)[C@H](Cc1c[nH]c2ccccc12)NC(=O)[C@H](CC(N)=O)NC(=O)[C@@H](C)NC(C)C. The third kappa shape index (κ3) is 11.2. The highest BCUT2D eigenvalue weighted by molar-refractivity contribution is 5.98. The number of ketones is 1. The van der Waals surface area contributed by atoms with Crippen molar-refractivity contribution in [2.45, 2.75) is 77.2 Å². The molecule has 0 unspecified atom stereocenters. The van der Waals surface area contributed by atoms with Crippen LogP contribution in [0.4, 0.5) is 0 Å². The van der Waals surface area contributed by atoms with Crippen LogP contribution in [0.2, 0.25) is 0 Å². The highest BCUT2D eigenvalue weighted by Gasteiger charge is 2.32. The van der Waals surface area contributed by atoms with Gasteiger partial charge < -0.3 is 43.0 Å². The number of aromatic amines is 1. The minimum absolute atomic E-state index is 0.0468. The predicted octanol–water partition coefficient (Wildman–Crippen LogP) is -1.99. The Morgan fingerprint density at radius 3 is 1.88 bits per heavy atom. The van der Waals surface area contributed by atoms with Crippen molar-refractivity contribution in [3.8, 4) is 0 Å². The number of nitrogens with one attached hydrogen (secondary N) is 6. The average Bonchev–Trinajstić information content (AvgIpc) is 3.32. The molecule has 4 atom stereocenters. The Hall–Kier alpha value is -4.79. The van der Waals surface area contributed by atoms with Crippen molar-refractivity contribution in [2.75, 3.05) is 6.54 Å². The van der Waals surface area contributed by atoms with E-state index in [1.807, 2.05) is 32.0 Å². The van der Waals surface area contributed by atoms with E-state index in [2.05, 4.69) is 31.6 Å². The molecular weight excluding hydrogens is 560 g/mol. The van der Waals surface area contributed by atoms with Gasteiger partial charge in [-0.25, -0.2) is 0 Å². The quantitative estimate of drug-likeness (QED) is 0.101. The van der Waals surface area contributed by atoms with Gasteiger partial charge in [0.05, 0.1) is 25.4 Å². The first kappa shape index (κ1) is 34.4. The number of rotatable bonds is 17. The lowest BCUT2D eigenvalue weighted by molar-refractivity contribution is -0.135. The second-order valence-electron chi connectivity index (χ2n) is 10.6. The van der Waals surface area contributed by atoms with Gasteiger partial charge in [-0.3, -0.25) is 33.6 Å². The number of amides is 6. The molecule has 1 heterocycles. The van der Waals surface area contributed by atoms with E-state index in [-0.39, 0.29) is 24.8 Å². The van der Waals surface area contributed by atoms with Crippen molar-refractivity contribution in [1.82, 2.24) is 31.6 Å². The number of primary amides is 2. The molecule has 0 aliphatic heterocycles. The van der Waals surface area contributed by atoms with Crippen molar-refractivity contribution >= 4 is 52.1 Å². The van der Waals surface area contributed by atoms with E-state index in [9.17, 15) is 33.6 Å². The molecule has 0 radical (unpaired) electrons. The predicted molar refractivity (Wildman–Crippen MR) is 157 cm³/mol. The highest BCUT2D eigenvalue weighted by atomic mass is 16.2. The summed E-state index contributed by atoms with van der Waals surface area (Å²) in [6, 6.07) is 2.26. The molecule has 15 heteroatoms. The van der Waals surface area contributed by atoms with Crippen LogP contribution in [-0.2, 0) is 40.0 Å². The minimum atomic E-state index is -1.45. The Morgan fingerprint density at radius 2 is 1.30 bits per heavy atom. The maximum Gasteiger partial charge on any atom is 0.243 e. The number of Topliss-reactive ketones (excluding diaryl/α,β-unsaturated/α-hetero) is 1. The standard InChI is InChI=1S/C28H40N8O7/c1-14(2)33-16(4)25(40)34-22(11-24(30)39)28(43)35-20(9-17-13-31-19-8-6-5-7-18(17)19)27(42)36-21(10-23(29)38)26(41)32-12-15(3)37/h5-8,13-14,16,20-22,31,33H,9-12H2,1-4H3,(H2,29,38)(H2,30,39)(H,32,41)(H,34,40)(H,35,43)(H,36,42)/t16-,20+,21+,22+/m1/s1. The molecule has 2 aromatic rings. The first-order valence-corrected chi connectivity index (χ1v) is 13.7. The fourth-order valence-corrected chi connectivity index (χ4v) is 4.30. The molecule has 6 amide bonds. The lowest BCUT2D eigenvalue weighted by Gasteiger charge is -2.25. The molecule has 0 fully saturated rings. The molecule has 1 aromatic heterocycles. The smallest absolute Gasteiger partial charge is 0.243 e. The van der Waals surface area contributed by atoms with Gasteiger partial charge in [-0.05, 0) is 25.5 Å². The normalized spacial score (nSPS) is 13.8. The number of fused-ring (bicyclic) bond motifs is 1. The Kier molecular flexibility index (Phi) is 12.8. The molecule has 0 aliphatic rings. The van der Waals surface area contributed by atoms with E-state index >= 15 is 0 Å². The Labute approximate surface area is 248 Å². The lowest BCUT2D eigenvalue weighted by atomic mass is 10.0. The second kappa shape index (κ2) is 16.0. The Morgan fingerprint density at radius 1 is 0.767 bits per heavy atom. The van der Waals surface area contributed by atoms with Gasteiger partial charge in [0.25, 0.3) is 0 Å². The van der Waals surface area contributed by atoms with Crippen molar-refractivity contribution in [1.29, 1.82) is 0 Å². The second-order valence-corrected chi connectivity index (χ2v) is 10.6. The zero-order valence-electron chi connectivity index (χ0n) is 24.6. The number of hydrogen-bond donors (Lipinski definition) is 8. The number of nitrogens with two attached hydrogens (primary N) is 2. The molecule has 234 valence electrons. The number of hydrogen-bond acceptors (Lipinski definition) is 8. The van der Waals surface area contributed by atoms with Crippen LogP contribution in [0.25, 0.3) is 10.9 Å². The minimum Gasteiger partial charge on any atom is -0.370 e. The number of para-hydroxylation sites is 1. The molecule has 0 spiro atoms. The summed E-state index contributed by atoms with van der Waals surface area (Å²) in [4.78, 5) is 90.2. The van der Waals surface area contributed by atoms with Gasteiger partial charge in [0.2, 0.25) is 35.4 Å². The van der Waals surface area contributed by atoms with Crippen molar-refractivity contribution in [3.05, 3.63) is 36.0 Å². The van der Waals surface area contributed by atoms with Crippen LogP contribution in [0, 0.1) is 0 Å². The van der Waals surface area contributed by atoms with E-state index in [0.717, 1.165) is 10.9 Å². The first-order valence-electron chi connectivity index (χ1n) is 13.7. The van der Waals surface area contributed by atoms with Crippen molar-refractivity contribution in [2.24, 2.45) is 11.5 Å². The number of benzene rings is 1. The van der Waals surface area contributed by atoms with Crippen LogP contribution in [0.3, 0.4) is 0 Å². The van der Waals surface area contributed by atoms with Crippen molar-refractivity contribution in [3.63, 3.8) is 0 Å². The monoisotopic (exact) mass is 600 g/mol. The van der Waals surface area contributed by atoms with Gasteiger partial charge in [-0.2, -0.15) is 0 Å². The summed E-state index contributed by atoms with van der Waals surface area (Å²) in [5.74, 6) is -5.26. The van der Waals surface area contributed by atoms with E-state index in [1.54, 1.807) is 19.2 Å². The molecule has 0 bridgehead atoms.